The summed E-state index contributed by atoms with van der Waals surface area (Å²) in [6.45, 7) is 2.23. The van der Waals surface area contributed by atoms with E-state index < -0.39 is 6.04 Å². The molecule has 1 saturated heterocycles. The quantitative estimate of drug-likeness (QED) is 0.367. The van der Waals surface area contributed by atoms with Gasteiger partial charge < -0.3 is 20.6 Å². The van der Waals surface area contributed by atoms with Gasteiger partial charge in [0, 0.05) is 12.1 Å². The molecule has 0 bridgehead atoms. The van der Waals surface area contributed by atoms with E-state index in [-0.39, 0.29) is 36.4 Å². The Bertz CT molecular complexity index is 1410. The molecule has 2 heterocycles. The number of fused-ring (bicyclic) bond motifs is 1. The van der Waals surface area contributed by atoms with Gasteiger partial charge in [0.1, 0.15) is 22.5 Å². The summed E-state index contributed by atoms with van der Waals surface area (Å²) < 4.78 is 0. The number of hydrogen-bond acceptors (Lipinski definition) is 6. The lowest BCUT2D eigenvalue weighted by Gasteiger charge is -2.35. The molecule has 2 aromatic carbocycles. The van der Waals surface area contributed by atoms with Crippen LogP contribution in [0.5, 0.6) is 0 Å². The number of aromatic nitrogens is 1. The van der Waals surface area contributed by atoms with Gasteiger partial charge in [0.2, 0.25) is 11.8 Å². The lowest BCUT2D eigenvalue weighted by Crippen LogP contribution is -2.55. The van der Waals surface area contributed by atoms with E-state index in [1.165, 1.54) is 17.8 Å². The lowest BCUT2D eigenvalue weighted by molar-refractivity contribution is -0.139. The van der Waals surface area contributed by atoms with Gasteiger partial charge in [-0.05, 0) is 56.3 Å². The Labute approximate surface area is 240 Å². The van der Waals surface area contributed by atoms with Crippen molar-refractivity contribution < 1.29 is 14.7 Å². The zero-order chi connectivity index (χ0) is 28.1. The number of likely N-dealkylation sites (tertiary alicyclic amines) is 1. The van der Waals surface area contributed by atoms with Crippen LogP contribution in [-0.4, -0.2) is 59.1 Å². The summed E-state index contributed by atoms with van der Waals surface area (Å²) >= 11 is 1.50. The van der Waals surface area contributed by atoms with Crippen LogP contribution in [0.25, 0.3) is 22.0 Å². The largest absolute Gasteiger partial charge is 0.384 e. The molecule has 0 radical (unpaired) electrons. The second-order valence-corrected chi connectivity index (χ2v) is 11.8. The van der Waals surface area contributed by atoms with E-state index in [9.17, 15) is 14.7 Å². The van der Waals surface area contributed by atoms with Crippen LogP contribution in [0.15, 0.2) is 42.5 Å². The van der Waals surface area contributed by atoms with Gasteiger partial charge in [0.05, 0.1) is 17.8 Å². The molecule has 8 heteroatoms. The standard InChI is InChI=1S/C32H38N4O3S/c1-21(33-2)30(38)34-28(23-12-4-3-5-13-23)32(39)36-19-9-17-26(36)31-35-29(27(40-31)18-10-20-37)25-16-8-14-22-11-6-7-15-24(22)25/h6-8,11,14-16,21,23,26,28,33,37H,3-5,9,12-13,17,19-20H2,1-2H3,(H,34,38)/t21-,26-,28-/m0/s1. The molecule has 1 saturated carbocycles. The zero-order valence-electron chi connectivity index (χ0n) is 23.3. The van der Waals surface area contributed by atoms with E-state index in [0.717, 1.165) is 70.4 Å². The summed E-state index contributed by atoms with van der Waals surface area (Å²) in [6.07, 6.45) is 6.96. The summed E-state index contributed by atoms with van der Waals surface area (Å²) in [5.74, 6) is 5.92. The van der Waals surface area contributed by atoms with Gasteiger partial charge in [-0.25, -0.2) is 4.98 Å². The minimum absolute atomic E-state index is 0.00374. The summed E-state index contributed by atoms with van der Waals surface area (Å²) in [6, 6.07) is 13.3. The predicted octanol–water partition coefficient (Wildman–Crippen LogP) is 4.64. The number of nitrogens with zero attached hydrogens (tertiary/aromatic N) is 2. The first kappa shape index (κ1) is 28.3. The number of hydrogen-bond donors (Lipinski definition) is 3. The molecule has 0 spiro atoms. The predicted molar refractivity (Wildman–Crippen MR) is 160 cm³/mol. The highest BCUT2D eigenvalue weighted by atomic mass is 32.1. The van der Waals surface area contributed by atoms with Crippen molar-refractivity contribution in [3.8, 4) is 23.1 Å². The first-order valence-electron chi connectivity index (χ1n) is 14.4. The SMILES string of the molecule is CN[C@@H](C)C(=O)N[C@H](C(=O)N1CCC[C@H]1c1nc(-c2cccc3ccccc23)c(C#CCO)s1)C1CCCCC1. The number of aliphatic hydroxyl groups is 1. The maximum atomic E-state index is 14.2. The van der Waals surface area contributed by atoms with Gasteiger partial charge in [-0.3, -0.25) is 9.59 Å². The number of benzene rings is 2. The fourth-order valence-corrected chi connectivity index (χ4v) is 7.12. The van der Waals surface area contributed by atoms with Gasteiger partial charge in [0.25, 0.3) is 0 Å². The average molecular weight is 559 g/mol. The number of aliphatic hydroxyl groups excluding tert-OH is 1. The highest BCUT2D eigenvalue weighted by Gasteiger charge is 2.40. The Morgan fingerprint density at radius 3 is 2.65 bits per heavy atom. The first-order chi connectivity index (χ1) is 19.5. The third-order valence-electron chi connectivity index (χ3n) is 8.30. The highest BCUT2D eigenvalue weighted by molar-refractivity contribution is 7.12. The molecule has 1 aliphatic heterocycles. The number of carbonyl (C=O) groups is 2. The van der Waals surface area contributed by atoms with Crippen LogP contribution in [0.1, 0.15) is 67.8 Å². The molecule has 7 nitrogen and oxygen atoms in total. The molecule has 3 aromatic rings. The summed E-state index contributed by atoms with van der Waals surface area (Å²) in [5, 5.41) is 18.6. The van der Waals surface area contributed by atoms with Crippen LogP contribution >= 0.6 is 11.3 Å². The van der Waals surface area contributed by atoms with Crippen molar-refractivity contribution in [3.05, 3.63) is 52.3 Å². The Hall–Kier alpha value is -3.25. The third kappa shape index (κ3) is 5.92. The number of thiazole rings is 1. The number of rotatable bonds is 7. The molecule has 210 valence electrons. The van der Waals surface area contributed by atoms with Gasteiger partial charge >= 0.3 is 0 Å². The smallest absolute Gasteiger partial charge is 0.246 e. The molecule has 1 aliphatic carbocycles. The third-order valence-corrected chi connectivity index (χ3v) is 9.37. The summed E-state index contributed by atoms with van der Waals surface area (Å²) in [7, 11) is 1.76. The van der Waals surface area contributed by atoms with E-state index in [2.05, 4.69) is 46.7 Å². The van der Waals surface area contributed by atoms with Crippen molar-refractivity contribution in [2.45, 2.75) is 70.0 Å². The van der Waals surface area contributed by atoms with Crippen molar-refractivity contribution in [1.82, 2.24) is 20.5 Å². The maximum Gasteiger partial charge on any atom is 0.246 e. The average Bonchev–Trinajstić information content (AvgIpc) is 3.65. The van der Waals surface area contributed by atoms with Crippen molar-refractivity contribution in [2.24, 2.45) is 5.92 Å². The van der Waals surface area contributed by atoms with Crippen molar-refractivity contribution in [3.63, 3.8) is 0 Å². The molecule has 5 rings (SSSR count). The van der Waals surface area contributed by atoms with E-state index in [1.54, 1.807) is 7.05 Å². The topological polar surface area (TPSA) is 94.6 Å². The minimum Gasteiger partial charge on any atom is -0.384 e. The van der Waals surface area contributed by atoms with Crippen LogP contribution in [0.2, 0.25) is 0 Å². The van der Waals surface area contributed by atoms with E-state index in [1.807, 2.05) is 30.0 Å². The van der Waals surface area contributed by atoms with Crippen LogP contribution in [-0.2, 0) is 9.59 Å². The Morgan fingerprint density at radius 2 is 1.88 bits per heavy atom. The molecule has 2 fully saturated rings. The number of amides is 2. The van der Waals surface area contributed by atoms with Gasteiger partial charge in [-0.2, -0.15) is 0 Å². The Kier molecular flexibility index (Phi) is 9.15. The summed E-state index contributed by atoms with van der Waals surface area (Å²) in [5.41, 5.74) is 1.78. The van der Waals surface area contributed by atoms with Crippen LogP contribution in [0.4, 0.5) is 0 Å². The molecular weight excluding hydrogens is 520 g/mol. The molecule has 3 N–H and O–H groups in total. The lowest BCUT2D eigenvalue weighted by atomic mass is 9.83. The van der Waals surface area contributed by atoms with Crippen LogP contribution in [0.3, 0.4) is 0 Å². The van der Waals surface area contributed by atoms with Crippen molar-refractivity contribution in [1.29, 1.82) is 0 Å². The zero-order valence-corrected chi connectivity index (χ0v) is 24.1. The van der Waals surface area contributed by atoms with Gasteiger partial charge in [-0.15, -0.1) is 11.3 Å². The number of likely N-dealkylation sites (N-methyl/N-ethyl adjacent to an activating group) is 1. The van der Waals surface area contributed by atoms with Crippen LogP contribution in [0, 0.1) is 17.8 Å². The van der Waals surface area contributed by atoms with E-state index in [0.29, 0.717) is 6.54 Å². The molecule has 1 aromatic heterocycles. The fraction of sp³-hybridized carbons (Fsp3) is 0.469. The second kappa shape index (κ2) is 12.9. The molecule has 3 atom stereocenters. The maximum absolute atomic E-state index is 14.2. The molecule has 40 heavy (non-hydrogen) atoms. The highest BCUT2D eigenvalue weighted by Crippen LogP contribution is 2.40. The molecule has 2 aliphatic rings. The van der Waals surface area contributed by atoms with Gasteiger partial charge in [-0.1, -0.05) is 73.6 Å². The van der Waals surface area contributed by atoms with Crippen LogP contribution < -0.4 is 10.6 Å². The fourth-order valence-electron chi connectivity index (χ4n) is 6.02. The number of carbonyl (C=O) groups excluding carboxylic acids is 2. The Morgan fingerprint density at radius 1 is 1.10 bits per heavy atom. The Balaban J connectivity index is 1.49. The van der Waals surface area contributed by atoms with Crippen molar-refractivity contribution >= 4 is 33.9 Å². The molecule has 2 amide bonds. The summed E-state index contributed by atoms with van der Waals surface area (Å²) in [4.78, 5) is 35.0. The molecule has 0 unspecified atom stereocenters. The van der Waals surface area contributed by atoms with E-state index >= 15 is 0 Å². The molecular formula is C32H38N4O3S. The van der Waals surface area contributed by atoms with E-state index in [4.69, 9.17) is 4.98 Å². The minimum atomic E-state index is -0.532. The van der Waals surface area contributed by atoms with Gasteiger partial charge in [0.15, 0.2) is 0 Å². The monoisotopic (exact) mass is 558 g/mol. The second-order valence-electron chi connectivity index (χ2n) is 10.8. The first-order valence-corrected chi connectivity index (χ1v) is 15.2. The normalized spacial score (nSPS) is 19.2. The number of nitrogens with one attached hydrogen (secondary N) is 2. The van der Waals surface area contributed by atoms with Crippen molar-refractivity contribution in [2.75, 3.05) is 20.2 Å².